The van der Waals surface area contributed by atoms with Gasteiger partial charge in [-0.2, -0.15) is 0 Å². The molecule has 0 spiro atoms. The molecule has 1 atom stereocenters. The lowest BCUT2D eigenvalue weighted by molar-refractivity contribution is -0.123. The molecule has 1 amide bonds. The van der Waals surface area contributed by atoms with Crippen LogP contribution in [0.3, 0.4) is 0 Å². The van der Waals surface area contributed by atoms with Crippen molar-refractivity contribution in [2.45, 2.75) is 39.7 Å². The number of hydrogen-bond acceptors (Lipinski definition) is 3. The molecule has 0 aliphatic carbocycles. The van der Waals surface area contributed by atoms with Crippen molar-refractivity contribution in [2.24, 2.45) is 5.73 Å². The molecule has 0 aromatic heterocycles. The Morgan fingerprint density at radius 1 is 1.37 bits per heavy atom. The highest BCUT2D eigenvalue weighted by molar-refractivity contribution is 5.77. The van der Waals surface area contributed by atoms with Crippen LogP contribution in [0.25, 0.3) is 0 Å². The molecule has 1 rings (SSSR count). The van der Waals surface area contributed by atoms with E-state index in [0.29, 0.717) is 12.5 Å². The second kappa shape index (κ2) is 7.14. The van der Waals surface area contributed by atoms with Crippen LogP contribution in [0.15, 0.2) is 18.2 Å². The van der Waals surface area contributed by atoms with Crippen LogP contribution in [0.5, 0.6) is 5.75 Å². The molecule has 106 valence electrons. The van der Waals surface area contributed by atoms with Gasteiger partial charge in [0.1, 0.15) is 5.75 Å². The van der Waals surface area contributed by atoms with E-state index in [1.165, 1.54) is 0 Å². The maximum Gasteiger partial charge on any atom is 0.258 e. The molecular formula is C15H24N2O2. The molecule has 0 bridgehead atoms. The minimum Gasteiger partial charge on any atom is -0.483 e. The predicted octanol–water partition coefficient (Wildman–Crippen LogP) is 1.96. The summed E-state index contributed by atoms with van der Waals surface area (Å²) in [5.74, 6) is 1.00. The fourth-order valence-electron chi connectivity index (χ4n) is 1.76. The number of nitrogens with one attached hydrogen (secondary N) is 1. The van der Waals surface area contributed by atoms with Crippen molar-refractivity contribution in [1.29, 1.82) is 0 Å². The fraction of sp³-hybridized carbons (Fsp3) is 0.533. The van der Waals surface area contributed by atoms with Gasteiger partial charge in [0.2, 0.25) is 0 Å². The first kappa shape index (κ1) is 15.5. The predicted molar refractivity (Wildman–Crippen MR) is 77.4 cm³/mol. The second-order valence-corrected chi connectivity index (χ2v) is 5.19. The van der Waals surface area contributed by atoms with E-state index in [0.717, 1.165) is 16.9 Å². The van der Waals surface area contributed by atoms with E-state index in [1.54, 1.807) is 0 Å². The van der Waals surface area contributed by atoms with Gasteiger partial charge in [0, 0.05) is 12.6 Å². The number of nitrogens with two attached hydrogens (primary N) is 1. The van der Waals surface area contributed by atoms with Gasteiger partial charge < -0.3 is 15.8 Å². The highest BCUT2D eigenvalue weighted by atomic mass is 16.5. The van der Waals surface area contributed by atoms with Crippen molar-refractivity contribution in [2.75, 3.05) is 13.2 Å². The first-order valence-electron chi connectivity index (χ1n) is 6.66. The molecule has 0 saturated heterocycles. The molecule has 19 heavy (non-hydrogen) atoms. The monoisotopic (exact) mass is 264 g/mol. The molecule has 0 radical (unpaired) electrons. The summed E-state index contributed by atoms with van der Waals surface area (Å²) in [5, 5.41) is 2.77. The summed E-state index contributed by atoms with van der Waals surface area (Å²) in [6.45, 7) is 8.53. The number of amides is 1. The average Bonchev–Trinajstić information content (AvgIpc) is 2.35. The molecule has 0 saturated carbocycles. The van der Waals surface area contributed by atoms with Crippen LogP contribution in [0, 0.1) is 6.92 Å². The lowest BCUT2D eigenvalue weighted by atomic mass is 10.0. The Kier molecular flexibility index (Phi) is 5.83. The highest BCUT2D eigenvalue weighted by Gasteiger charge is 2.11. The van der Waals surface area contributed by atoms with Crippen molar-refractivity contribution in [3.63, 3.8) is 0 Å². The minimum atomic E-state index is -0.144. The summed E-state index contributed by atoms with van der Waals surface area (Å²) in [7, 11) is 0. The zero-order valence-electron chi connectivity index (χ0n) is 12.2. The zero-order chi connectivity index (χ0) is 14.4. The lowest BCUT2D eigenvalue weighted by Gasteiger charge is -2.16. The van der Waals surface area contributed by atoms with Gasteiger partial charge in [0.25, 0.3) is 5.91 Å². The second-order valence-electron chi connectivity index (χ2n) is 5.19. The molecule has 3 N–H and O–H groups in total. The van der Waals surface area contributed by atoms with Crippen LogP contribution in [-0.2, 0) is 4.79 Å². The van der Waals surface area contributed by atoms with Crippen LogP contribution in [0.1, 0.15) is 37.8 Å². The summed E-state index contributed by atoms with van der Waals surface area (Å²) >= 11 is 0. The summed E-state index contributed by atoms with van der Waals surface area (Å²) in [6.07, 6.45) is 0. The number of hydrogen-bond donors (Lipinski definition) is 2. The van der Waals surface area contributed by atoms with E-state index in [4.69, 9.17) is 10.5 Å². The van der Waals surface area contributed by atoms with Crippen molar-refractivity contribution in [1.82, 2.24) is 5.32 Å². The SMILES string of the molecule is Cc1ccc(C(C)C)c(OCC(=O)NC(C)CN)c1. The summed E-state index contributed by atoms with van der Waals surface area (Å²) < 4.78 is 5.63. The molecule has 1 aromatic carbocycles. The van der Waals surface area contributed by atoms with Crippen molar-refractivity contribution >= 4 is 5.91 Å². The average molecular weight is 264 g/mol. The van der Waals surface area contributed by atoms with Gasteiger partial charge in [-0.15, -0.1) is 0 Å². The normalized spacial score (nSPS) is 12.3. The van der Waals surface area contributed by atoms with Crippen LogP contribution >= 0.6 is 0 Å². The van der Waals surface area contributed by atoms with Gasteiger partial charge >= 0.3 is 0 Å². The van der Waals surface area contributed by atoms with Gasteiger partial charge in [0.05, 0.1) is 0 Å². The molecule has 0 aliphatic heterocycles. The zero-order valence-corrected chi connectivity index (χ0v) is 12.2. The van der Waals surface area contributed by atoms with E-state index >= 15 is 0 Å². The molecule has 0 heterocycles. The number of carbonyl (C=O) groups is 1. The number of rotatable bonds is 6. The van der Waals surface area contributed by atoms with Gasteiger partial charge in [-0.3, -0.25) is 4.79 Å². The topological polar surface area (TPSA) is 64.3 Å². The molecule has 1 unspecified atom stereocenters. The minimum absolute atomic E-state index is 0.0213. The van der Waals surface area contributed by atoms with Gasteiger partial charge in [-0.25, -0.2) is 0 Å². The molecule has 0 fully saturated rings. The van der Waals surface area contributed by atoms with E-state index in [1.807, 2.05) is 19.9 Å². The largest absolute Gasteiger partial charge is 0.483 e. The Morgan fingerprint density at radius 2 is 2.05 bits per heavy atom. The summed E-state index contributed by atoms with van der Waals surface area (Å²) in [5.41, 5.74) is 7.69. The molecular weight excluding hydrogens is 240 g/mol. The first-order chi connectivity index (χ1) is 8.93. The maximum atomic E-state index is 11.7. The Balaban J connectivity index is 2.66. The van der Waals surface area contributed by atoms with Crippen LogP contribution in [0.4, 0.5) is 0 Å². The molecule has 0 aliphatic rings. The Labute approximate surface area is 115 Å². The Hall–Kier alpha value is -1.55. The third-order valence-corrected chi connectivity index (χ3v) is 2.91. The molecule has 4 nitrogen and oxygen atoms in total. The number of ether oxygens (including phenoxy) is 1. The van der Waals surface area contributed by atoms with E-state index in [-0.39, 0.29) is 18.6 Å². The number of aryl methyl sites for hydroxylation is 1. The van der Waals surface area contributed by atoms with Crippen LogP contribution in [-0.4, -0.2) is 25.1 Å². The fourth-order valence-corrected chi connectivity index (χ4v) is 1.76. The maximum absolute atomic E-state index is 11.7. The third-order valence-electron chi connectivity index (χ3n) is 2.91. The van der Waals surface area contributed by atoms with Gasteiger partial charge in [-0.05, 0) is 37.0 Å². The number of benzene rings is 1. The van der Waals surface area contributed by atoms with Crippen molar-refractivity contribution in [3.05, 3.63) is 29.3 Å². The Bertz CT molecular complexity index is 430. The quantitative estimate of drug-likeness (QED) is 0.825. The van der Waals surface area contributed by atoms with Crippen molar-refractivity contribution < 1.29 is 9.53 Å². The van der Waals surface area contributed by atoms with Gasteiger partial charge in [0.15, 0.2) is 6.61 Å². The van der Waals surface area contributed by atoms with E-state index in [9.17, 15) is 4.79 Å². The smallest absolute Gasteiger partial charge is 0.258 e. The third kappa shape index (κ3) is 4.91. The van der Waals surface area contributed by atoms with E-state index < -0.39 is 0 Å². The molecule has 4 heteroatoms. The lowest BCUT2D eigenvalue weighted by Crippen LogP contribution is -2.40. The number of carbonyl (C=O) groups excluding carboxylic acids is 1. The first-order valence-corrected chi connectivity index (χ1v) is 6.66. The van der Waals surface area contributed by atoms with Crippen molar-refractivity contribution in [3.8, 4) is 5.75 Å². The Morgan fingerprint density at radius 3 is 2.63 bits per heavy atom. The van der Waals surface area contributed by atoms with Gasteiger partial charge in [-0.1, -0.05) is 26.0 Å². The van der Waals surface area contributed by atoms with E-state index in [2.05, 4.69) is 31.3 Å². The molecule has 1 aromatic rings. The van der Waals surface area contributed by atoms with Crippen LogP contribution < -0.4 is 15.8 Å². The summed E-state index contributed by atoms with van der Waals surface area (Å²) in [4.78, 5) is 11.7. The van der Waals surface area contributed by atoms with Crippen LogP contribution in [0.2, 0.25) is 0 Å². The highest BCUT2D eigenvalue weighted by Crippen LogP contribution is 2.27. The summed E-state index contributed by atoms with van der Waals surface area (Å²) in [6, 6.07) is 6.04. The standard InChI is InChI=1S/C15H24N2O2/c1-10(2)13-6-5-11(3)7-14(13)19-9-15(18)17-12(4)8-16/h5-7,10,12H,8-9,16H2,1-4H3,(H,17,18).